The van der Waals surface area contributed by atoms with E-state index in [9.17, 15) is 0 Å². The molecule has 17 heavy (non-hydrogen) atoms. The molecule has 1 rings (SSSR count). The molecular weight excluding hydrogens is 208 g/mol. The number of piperidine rings is 1. The summed E-state index contributed by atoms with van der Waals surface area (Å²) >= 11 is 0. The van der Waals surface area contributed by atoms with E-state index in [0.717, 1.165) is 36.9 Å². The third-order valence-corrected chi connectivity index (χ3v) is 3.84. The van der Waals surface area contributed by atoms with Crippen molar-refractivity contribution in [3.05, 3.63) is 0 Å². The van der Waals surface area contributed by atoms with Crippen LogP contribution in [0.2, 0.25) is 0 Å². The molecule has 2 heteroatoms. The van der Waals surface area contributed by atoms with Gasteiger partial charge in [0.15, 0.2) is 0 Å². The number of likely N-dealkylation sites (tertiary alicyclic amines) is 1. The van der Waals surface area contributed by atoms with Crippen LogP contribution >= 0.6 is 0 Å². The number of hydrogen-bond donors (Lipinski definition) is 1. The van der Waals surface area contributed by atoms with E-state index in [1.54, 1.807) is 0 Å². The van der Waals surface area contributed by atoms with Gasteiger partial charge in [0.1, 0.15) is 0 Å². The monoisotopic (exact) mass is 240 g/mol. The molecule has 0 spiro atoms. The van der Waals surface area contributed by atoms with Crippen LogP contribution in [0.15, 0.2) is 0 Å². The minimum Gasteiger partial charge on any atom is -0.316 e. The van der Waals surface area contributed by atoms with Crippen LogP contribution in [-0.4, -0.2) is 37.1 Å². The molecule has 3 atom stereocenters. The van der Waals surface area contributed by atoms with Gasteiger partial charge >= 0.3 is 0 Å². The Balaban J connectivity index is 2.22. The first-order chi connectivity index (χ1) is 7.99. The molecule has 0 radical (unpaired) electrons. The van der Waals surface area contributed by atoms with Crippen molar-refractivity contribution in [3.8, 4) is 0 Å². The fraction of sp³-hybridized carbons (Fsp3) is 1.00. The molecule has 0 aromatic heterocycles. The summed E-state index contributed by atoms with van der Waals surface area (Å²) in [6.07, 6.45) is 2.80. The molecule has 1 fully saturated rings. The molecule has 1 heterocycles. The maximum Gasteiger partial charge on any atom is 0.00672 e. The highest BCUT2D eigenvalue weighted by Crippen LogP contribution is 2.21. The molecule has 102 valence electrons. The van der Waals surface area contributed by atoms with E-state index < -0.39 is 0 Å². The lowest BCUT2D eigenvalue weighted by molar-refractivity contribution is 0.107. The Morgan fingerprint density at radius 1 is 1.12 bits per heavy atom. The van der Waals surface area contributed by atoms with E-state index in [4.69, 9.17) is 0 Å². The Morgan fingerprint density at radius 2 is 1.82 bits per heavy atom. The van der Waals surface area contributed by atoms with Gasteiger partial charge in [-0.05, 0) is 50.6 Å². The van der Waals surface area contributed by atoms with E-state index in [1.165, 1.54) is 25.9 Å². The Bertz CT molecular complexity index is 203. The molecule has 1 N–H and O–H groups in total. The maximum atomic E-state index is 3.57. The molecule has 0 aliphatic carbocycles. The fourth-order valence-corrected chi connectivity index (χ4v) is 2.72. The minimum absolute atomic E-state index is 0.760. The van der Waals surface area contributed by atoms with Gasteiger partial charge in [-0.1, -0.05) is 27.7 Å². The van der Waals surface area contributed by atoms with Crippen molar-refractivity contribution in [1.82, 2.24) is 10.2 Å². The molecular formula is C15H32N2. The summed E-state index contributed by atoms with van der Waals surface area (Å²) in [6.45, 7) is 16.6. The first-order valence-corrected chi connectivity index (χ1v) is 7.43. The van der Waals surface area contributed by atoms with E-state index >= 15 is 0 Å². The zero-order chi connectivity index (χ0) is 12.8. The topological polar surface area (TPSA) is 15.3 Å². The molecule has 0 bridgehead atoms. The summed E-state index contributed by atoms with van der Waals surface area (Å²) < 4.78 is 0. The predicted molar refractivity (Wildman–Crippen MR) is 76.3 cm³/mol. The van der Waals surface area contributed by atoms with Crippen LogP contribution in [0.3, 0.4) is 0 Å². The molecule has 0 aromatic carbocycles. The molecule has 2 nitrogen and oxygen atoms in total. The number of rotatable bonds is 6. The zero-order valence-corrected chi connectivity index (χ0v) is 12.5. The highest BCUT2D eigenvalue weighted by atomic mass is 15.2. The Hall–Kier alpha value is -0.0800. The van der Waals surface area contributed by atoms with Crippen LogP contribution < -0.4 is 5.32 Å². The third kappa shape index (κ3) is 5.87. The second kappa shape index (κ2) is 7.38. The maximum absolute atomic E-state index is 3.57. The van der Waals surface area contributed by atoms with Gasteiger partial charge < -0.3 is 10.2 Å². The average Bonchev–Trinajstić information content (AvgIpc) is 2.23. The van der Waals surface area contributed by atoms with Crippen molar-refractivity contribution < 1.29 is 0 Å². The fourth-order valence-electron chi connectivity index (χ4n) is 2.72. The Kier molecular flexibility index (Phi) is 6.50. The molecule has 3 unspecified atom stereocenters. The van der Waals surface area contributed by atoms with E-state index in [-0.39, 0.29) is 0 Å². The second-order valence-corrected chi connectivity index (χ2v) is 6.64. The first kappa shape index (κ1) is 15.0. The largest absolute Gasteiger partial charge is 0.316 e. The van der Waals surface area contributed by atoms with Gasteiger partial charge in [0.25, 0.3) is 0 Å². The summed E-state index contributed by atoms with van der Waals surface area (Å²) in [5.74, 6) is 2.42. The first-order valence-electron chi connectivity index (χ1n) is 7.43. The summed E-state index contributed by atoms with van der Waals surface area (Å²) in [5.41, 5.74) is 0. The van der Waals surface area contributed by atoms with Gasteiger partial charge in [-0.15, -0.1) is 0 Å². The molecule has 1 aliphatic rings. The Labute approximate surface area is 108 Å². The average molecular weight is 240 g/mol. The van der Waals surface area contributed by atoms with Crippen LogP contribution in [0, 0.1) is 17.8 Å². The summed E-state index contributed by atoms with van der Waals surface area (Å²) in [5, 5.41) is 3.57. The highest BCUT2D eigenvalue weighted by Gasteiger charge is 2.23. The number of nitrogens with one attached hydrogen (secondary N) is 1. The molecule has 0 aromatic rings. The number of nitrogens with zero attached hydrogens (tertiary/aromatic N) is 1. The van der Waals surface area contributed by atoms with E-state index in [2.05, 4.69) is 44.8 Å². The highest BCUT2D eigenvalue weighted by molar-refractivity contribution is 4.78. The second-order valence-electron chi connectivity index (χ2n) is 6.64. The van der Waals surface area contributed by atoms with Crippen molar-refractivity contribution >= 4 is 0 Å². The molecule has 1 aliphatic heterocycles. The van der Waals surface area contributed by atoms with Gasteiger partial charge in [-0.2, -0.15) is 0 Å². The number of hydrogen-bond acceptors (Lipinski definition) is 2. The van der Waals surface area contributed by atoms with Crippen molar-refractivity contribution in [1.29, 1.82) is 0 Å². The molecule has 0 amide bonds. The van der Waals surface area contributed by atoms with Crippen molar-refractivity contribution in [2.45, 2.75) is 53.5 Å². The molecule has 1 saturated heterocycles. The van der Waals surface area contributed by atoms with Crippen LogP contribution in [-0.2, 0) is 0 Å². The Morgan fingerprint density at radius 3 is 2.47 bits per heavy atom. The van der Waals surface area contributed by atoms with Gasteiger partial charge in [0, 0.05) is 19.1 Å². The quantitative estimate of drug-likeness (QED) is 0.768. The van der Waals surface area contributed by atoms with Crippen LogP contribution in [0.4, 0.5) is 0 Å². The molecule has 0 saturated carbocycles. The zero-order valence-electron chi connectivity index (χ0n) is 12.5. The van der Waals surface area contributed by atoms with Crippen LogP contribution in [0.1, 0.15) is 47.5 Å². The SMILES string of the molecule is CC(C)CNCC(C)CN1CC(C)CCC1C. The third-order valence-electron chi connectivity index (χ3n) is 3.84. The van der Waals surface area contributed by atoms with Gasteiger partial charge in [0.2, 0.25) is 0 Å². The summed E-state index contributed by atoms with van der Waals surface area (Å²) in [4.78, 5) is 2.69. The standard InChI is InChI=1S/C15H32N2/c1-12(2)8-16-9-14(4)11-17-10-13(3)6-7-15(17)5/h12-16H,6-11H2,1-5H3. The predicted octanol–water partition coefficient (Wildman–Crippen LogP) is 2.99. The van der Waals surface area contributed by atoms with E-state index in [1.807, 2.05) is 0 Å². The van der Waals surface area contributed by atoms with E-state index in [0.29, 0.717) is 0 Å². The smallest absolute Gasteiger partial charge is 0.00672 e. The van der Waals surface area contributed by atoms with Gasteiger partial charge in [-0.3, -0.25) is 0 Å². The normalized spacial score (nSPS) is 28.6. The van der Waals surface area contributed by atoms with Gasteiger partial charge in [-0.25, -0.2) is 0 Å². The summed E-state index contributed by atoms with van der Waals surface area (Å²) in [6, 6.07) is 0.791. The van der Waals surface area contributed by atoms with Crippen LogP contribution in [0.25, 0.3) is 0 Å². The lowest BCUT2D eigenvalue weighted by Gasteiger charge is -2.38. The van der Waals surface area contributed by atoms with Gasteiger partial charge in [0.05, 0.1) is 0 Å². The van der Waals surface area contributed by atoms with Crippen molar-refractivity contribution in [3.63, 3.8) is 0 Å². The minimum atomic E-state index is 0.760. The lowest BCUT2D eigenvalue weighted by Crippen LogP contribution is -2.44. The van der Waals surface area contributed by atoms with Crippen LogP contribution in [0.5, 0.6) is 0 Å². The lowest BCUT2D eigenvalue weighted by atomic mass is 9.94. The summed E-state index contributed by atoms with van der Waals surface area (Å²) in [7, 11) is 0. The van der Waals surface area contributed by atoms with Crippen molar-refractivity contribution in [2.75, 3.05) is 26.2 Å². The van der Waals surface area contributed by atoms with Crippen molar-refractivity contribution in [2.24, 2.45) is 17.8 Å².